The van der Waals surface area contributed by atoms with Crippen LogP contribution in [0.25, 0.3) is 0 Å². The minimum absolute atomic E-state index is 0.635. The highest BCUT2D eigenvalue weighted by Crippen LogP contribution is 2.26. The molecule has 3 heteroatoms. The predicted molar refractivity (Wildman–Crippen MR) is 83.2 cm³/mol. The van der Waals surface area contributed by atoms with Crippen LogP contribution >= 0.6 is 0 Å². The molecule has 1 fully saturated rings. The third kappa shape index (κ3) is 3.45. The van der Waals surface area contributed by atoms with Crippen LogP contribution in [-0.2, 0) is 17.5 Å². The predicted octanol–water partition coefficient (Wildman–Crippen LogP) is 2.85. The standard InChI is InChI=1S/C17H25BO2/c19-18-17-13-15(9-10-16(17)11-12-20-18)8-7-14-5-3-1-2-4-6-14/h9-10,13-14,19H,1-8,11-12H2. The molecular formula is C17H25BO2. The van der Waals surface area contributed by atoms with Crippen LogP contribution in [0.5, 0.6) is 0 Å². The fraction of sp³-hybridized carbons (Fsp3) is 0.647. The van der Waals surface area contributed by atoms with Crippen molar-refractivity contribution in [3.63, 3.8) is 0 Å². The summed E-state index contributed by atoms with van der Waals surface area (Å²) in [5.41, 5.74) is 3.61. The molecule has 1 saturated carbocycles. The molecule has 3 rings (SSSR count). The largest absolute Gasteiger partial charge is 0.491 e. The van der Waals surface area contributed by atoms with E-state index >= 15 is 0 Å². The van der Waals surface area contributed by atoms with Crippen molar-refractivity contribution in [2.45, 2.75) is 57.8 Å². The van der Waals surface area contributed by atoms with Crippen LogP contribution in [0.3, 0.4) is 0 Å². The zero-order valence-electron chi connectivity index (χ0n) is 12.3. The number of rotatable bonds is 3. The van der Waals surface area contributed by atoms with Gasteiger partial charge in [0, 0.05) is 6.61 Å². The lowest BCUT2D eigenvalue weighted by Gasteiger charge is -2.20. The number of benzene rings is 1. The molecule has 1 heterocycles. The molecule has 0 amide bonds. The van der Waals surface area contributed by atoms with Gasteiger partial charge in [-0.25, -0.2) is 0 Å². The molecule has 2 nitrogen and oxygen atoms in total. The molecular weight excluding hydrogens is 247 g/mol. The van der Waals surface area contributed by atoms with Gasteiger partial charge >= 0.3 is 7.12 Å². The van der Waals surface area contributed by atoms with E-state index in [-0.39, 0.29) is 0 Å². The quantitative estimate of drug-likeness (QED) is 0.677. The average molecular weight is 272 g/mol. The van der Waals surface area contributed by atoms with Crippen LogP contribution < -0.4 is 5.46 Å². The lowest BCUT2D eigenvalue weighted by molar-refractivity contribution is 0.266. The maximum Gasteiger partial charge on any atom is 0.491 e. The monoisotopic (exact) mass is 272 g/mol. The molecule has 0 aromatic heterocycles. The maximum atomic E-state index is 9.92. The second-order valence-corrected chi connectivity index (χ2v) is 6.40. The minimum Gasteiger partial charge on any atom is -0.423 e. The lowest BCUT2D eigenvalue weighted by Crippen LogP contribution is -2.41. The zero-order valence-corrected chi connectivity index (χ0v) is 12.3. The van der Waals surface area contributed by atoms with Crippen LogP contribution in [0.4, 0.5) is 0 Å². The number of hydrogen-bond acceptors (Lipinski definition) is 2. The van der Waals surface area contributed by atoms with Crippen molar-refractivity contribution in [3.8, 4) is 0 Å². The van der Waals surface area contributed by atoms with E-state index in [4.69, 9.17) is 4.65 Å². The van der Waals surface area contributed by atoms with Crippen molar-refractivity contribution in [3.05, 3.63) is 29.3 Å². The van der Waals surface area contributed by atoms with Gasteiger partial charge in [0.25, 0.3) is 0 Å². The van der Waals surface area contributed by atoms with E-state index in [1.165, 1.54) is 56.1 Å². The van der Waals surface area contributed by atoms with Crippen molar-refractivity contribution in [2.75, 3.05) is 6.61 Å². The molecule has 1 aromatic carbocycles. The third-order valence-corrected chi connectivity index (χ3v) is 4.94. The van der Waals surface area contributed by atoms with Gasteiger partial charge in [0.15, 0.2) is 0 Å². The fourth-order valence-corrected chi connectivity index (χ4v) is 3.65. The zero-order chi connectivity index (χ0) is 13.8. The Morgan fingerprint density at radius 1 is 1.15 bits per heavy atom. The third-order valence-electron chi connectivity index (χ3n) is 4.94. The first-order valence-electron chi connectivity index (χ1n) is 8.24. The van der Waals surface area contributed by atoms with E-state index in [0.29, 0.717) is 6.61 Å². The molecule has 0 unspecified atom stereocenters. The van der Waals surface area contributed by atoms with Crippen LogP contribution in [0.1, 0.15) is 56.1 Å². The Balaban J connectivity index is 1.61. The van der Waals surface area contributed by atoms with Gasteiger partial charge in [-0.15, -0.1) is 0 Å². The Morgan fingerprint density at radius 3 is 2.75 bits per heavy atom. The van der Waals surface area contributed by atoms with Crippen molar-refractivity contribution in [1.29, 1.82) is 0 Å². The van der Waals surface area contributed by atoms with Crippen LogP contribution in [0.2, 0.25) is 0 Å². The molecule has 0 saturated heterocycles. The van der Waals surface area contributed by atoms with Gasteiger partial charge in [-0.05, 0) is 41.8 Å². The summed E-state index contributed by atoms with van der Waals surface area (Å²) in [7, 11) is -0.711. The first-order valence-corrected chi connectivity index (χ1v) is 8.24. The SMILES string of the molecule is OB1OCCc2ccc(CCC3CCCCCC3)cc21. The first-order chi connectivity index (χ1) is 9.83. The van der Waals surface area contributed by atoms with Gasteiger partial charge in [0.1, 0.15) is 0 Å². The lowest BCUT2D eigenvalue weighted by atomic mass is 9.72. The highest BCUT2D eigenvalue weighted by molar-refractivity contribution is 6.60. The van der Waals surface area contributed by atoms with E-state index < -0.39 is 7.12 Å². The summed E-state index contributed by atoms with van der Waals surface area (Å²) in [4.78, 5) is 0. The Labute approximate surface area is 122 Å². The molecule has 0 spiro atoms. The molecule has 1 aliphatic heterocycles. The van der Waals surface area contributed by atoms with Crippen LogP contribution in [0.15, 0.2) is 18.2 Å². The molecule has 1 aliphatic carbocycles. The van der Waals surface area contributed by atoms with E-state index in [0.717, 1.165) is 24.2 Å². The molecule has 0 atom stereocenters. The van der Waals surface area contributed by atoms with Gasteiger partial charge in [0.2, 0.25) is 0 Å². The van der Waals surface area contributed by atoms with Gasteiger partial charge in [-0.2, -0.15) is 0 Å². The van der Waals surface area contributed by atoms with Crippen LogP contribution in [-0.4, -0.2) is 18.7 Å². The molecule has 0 radical (unpaired) electrons. The van der Waals surface area contributed by atoms with E-state index in [1.807, 2.05) is 0 Å². The topological polar surface area (TPSA) is 29.5 Å². The number of fused-ring (bicyclic) bond motifs is 1. The Kier molecular flexibility index (Phi) is 4.79. The molecule has 1 aromatic rings. The fourth-order valence-electron chi connectivity index (χ4n) is 3.65. The van der Waals surface area contributed by atoms with E-state index in [1.54, 1.807) is 0 Å². The van der Waals surface area contributed by atoms with Crippen molar-refractivity contribution in [1.82, 2.24) is 0 Å². The summed E-state index contributed by atoms with van der Waals surface area (Å²) in [6.45, 7) is 0.635. The second-order valence-electron chi connectivity index (χ2n) is 6.40. The molecule has 2 aliphatic rings. The summed E-state index contributed by atoms with van der Waals surface area (Å²) in [6, 6.07) is 6.59. The normalized spacial score (nSPS) is 20.6. The molecule has 20 heavy (non-hydrogen) atoms. The van der Waals surface area contributed by atoms with Crippen molar-refractivity contribution < 1.29 is 9.68 Å². The van der Waals surface area contributed by atoms with Gasteiger partial charge in [0.05, 0.1) is 0 Å². The summed E-state index contributed by atoms with van der Waals surface area (Å²) >= 11 is 0. The number of hydrogen-bond donors (Lipinski definition) is 1. The Bertz CT molecular complexity index is 439. The average Bonchev–Trinajstić information content (AvgIpc) is 2.74. The first kappa shape index (κ1) is 14.2. The summed E-state index contributed by atoms with van der Waals surface area (Å²) in [6.07, 6.45) is 11.9. The smallest absolute Gasteiger partial charge is 0.423 e. The minimum atomic E-state index is -0.711. The van der Waals surface area contributed by atoms with Gasteiger partial charge in [-0.1, -0.05) is 56.7 Å². The van der Waals surface area contributed by atoms with E-state index in [9.17, 15) is 5.02 Å². The van der Waals surface area contributed by atoms with Crippen molar-refractivity contribution in [2.24, 2.45) is 5.92 Å². The Morgan fingerprint density at radius 2 is 1.95 bits per heavy atom. The molecule has 108 valence electrons. The summed E-state index contributed by atoms with van der Waals surface area (Å²) < 4.78 is 5.33. The highest BCUT2D eigenvalue weighted by Gasteiger charge is 2.24. The van der Waals surface area contributed by atoms with Crippen LogP contribution in [0, 0.1) is 5.92 Å². The highest BCUT2D eigenvalue weighted by atomic mass is 16.5. The maximum absolute atomic E-state index is 9.92. The molecule has 0 bridgehead atoms. The number of aryl methyl sites for hydroxylation is 1. The van der Waals surface area contributed by atoms with Gasteiger partial charge in [-0.3, -0.25) is 0 Å². The molecule has 1 N–H and O–H groups in total. The second kappa shape index (κ2) is 6.77. The van der Waals surface area contributed by atoms with Crippen molar-refractivity contribution >= 4 is 12.6 Å². The summed E-state index contributed by atoms with van der Waals surface area (Å²) in [5, 5.41) is 9.92. The van der Waals surface area contributed by atoms with E-state index in [2.05, 4.69) is 18.2 Å². The van der Waals surface area contributed by atoms with Gasteiger partial charge < -0.3 is 9.68 Å². The summed E-state index contributed by atoms with van der Waals surface area (Å²) in [5.74, 6) is 0.912. The Hall–Kier alpha value is -0.795.